The first kappa shape index (κ1) is 10.8. The van der Waals surface area contributed by atoms with E-state index in [0.717, 1.165) is 6.42 Å². The van der Waals surface area contributed by atoms with Crippen LogP contribution in [0.2, 0.25) is 0 Å². The Morgan fingerprint density at radius 3 is 2.46 bits per heavy atom. The van der Waals surface area contributed by atoms with Gasteiger partial charge in [0.1, 0.15) is 0 Å². The monoisotopic (exact) mass is 182 g/mol. The quantitative estimate of drug-likeness (QED) is 0.625. The lowest BCUT2D eigenvalue weighted by Gasteiger charge is -2.42. The van der Waals surface area contributed by atoms with Crippen LogP contribution in [0, 0.1) is 5.41 Å². The zero-order valence-electron chi connectivity index (χ0n) is 8.76. The Balaban J connectivity index is 2.19. The smallest absolute Gasteiger partial charge is 0.0612 e. The summed E-state index contributed by atoms with van der Waals surface area (Å²) in [5.74, 6) is 0. The van der Waals surface area contributed by atoms with E-state index in [-0.39, 0.29) is 6.61 Å². The van der Waals surface area contributed by atoms with Gasteiger partial charge in [-0.1, -0.05) is 31.9 Å². The molecule has 0 heterocycles. The van der Waals surface area contributed by atoms with Gasteiger partial charge < -0.3 is 5.11 Å². The summed E-state index contributed by atoms with van der Waals surface area (Å²) in [7, 11) is 0. The van der Waals surface area contributed by atoms with E-state index in [4.69, 9.17) is 5.11 Å². The molecule has 13 heavy (non-hydrogen) atoms. The molecule has 0 bridgehead atoms. The molecule has 0 aromatic heterocycles. The summed E-state index contributed by atoms with van der Waals surface area (Å²) in [5.41, 5.74) is 0.689. The first-order valence-corrected chi connectivity index (χ1v) is 5.59. The van der Waals surface area contributed by atoms with Crippen molar-refractivity contribution in [2.24, 2.45) is 5.41 Å². The number of hydrogen-bond acceptors (Lipinski definition) is 1. The van der Waals surface area contributed by atoms with Crippen molar-refractivity contribution in [1.82, 2.24) is 0 Å². The van der Waals surface area contributed by atoms with Gasteiger partial charge in [-0.2, -0.15) is 0 Å². The topological polar surface area (TPSA) is 20.2 Å². The van der Waals surface area contributed by atoms with E-state index < -0.39 is 0 Å². The number of aliphatic hydroxyl groups excluding tert-OH is 1. The molecular formula is C12H22O. The highest BCUT2D eigenvalue weighted by Gasteiger charge is 2.34. The summed E-state index contributed by atoms with van der Waals surface area (Å²) in [5, 5.41) is 8.58. The van der Waals surface area contributed by atoms with Crippen molar-refractivity contribution < 1.29 is 5.11 Å². The van der Waals surface area contributed by atoms with E-state index in [1.54, 1.807) is 0 Å². The van der Waals surface area contributed by atoms with Crippen molar-refractivity contribution >= 4 is 0 Å². The first-order valence-electron chi connectivity index (χ1n) is 5.59. The molecule has 0 aromatic carbocycles. The lowest BCUT2D eigenvalue weighted by atomic mass is 9.64. The van der Waals surface area contributed by atoms with Crippen molar-refractivity contribution in [3.05, 3.63) is 12.2 Å². The van der Waals surface area contributed by atoms with Crippen molar-refractivity contribution in [1.29, 1.82) is 0 Å². The third-order valence-corrected chi connectivity index (χ3v) is 3.31. The highest BCUT2D eigenvalue weighted by Crippen LogP contribution is 2.48. The van der Waals surface area contributed by atoms with Crippen LogP contribution in [0.15, 0.2) is 12.2 Å². The van der Waals surface area contributed by atoms with Gasteiger partial charge in [-0.25, -0.2) is 0 Å². The summed E-state index contributed by atoms with van der Waals surface area (Å²) < 4.78 is 0. The van der Waals surface area contributed by atoms with E-state index in [9.17, 15) is 0 Å². The Labute approximate surface area is 81.9 Å². The summed E-state index contributed by atoms with van der Waals surface area (Å²) >= 11 is 0. The SMILES string of the molecule is CCCC1(CC/C=C/CO)CCC1. The largest absolute Gasteiger partial charge is 0.392 e. The third-order valence-electron chi connectivity index (χ3n) is 3.31. The van der Waals surface area contributed by atoms with Crippen molar-refractivity contribution in [2.75, 3.05) is 6.61 Å². The summed E-state index contributed by atoms with van der Waals surface area (Å²) in [6.45, 7) is 2.48. The van der Waals surface area contributed by atoms with Gasteiger partial charge in [-0.15, -0.1) is 0 Å². The minimum atomic E-state index is 0.195. The molecule has 1 nitrogen and oxygen atoms in total. The summed E-state index contributed by atoms with van der Waals surface area (Å²) in [4.78, 5) is 0. The molecule has 0 aliphatic heterocycles. The van der Waals surface area contributed by atoms with Gasteiger partial charge in [-0.05, 0) is 37.5 Å². The minimum Gasteiger partial charge on any atom is -0.392 e. The van der Waals surface area contributed by atoms with Gasteiger partial charge >= 0.3 is 0 Å². The predicted octanol–water partition coefficient (Wildman–Crippen LogP) is 3.29. The lowest BCUT2D eigenvalue weighted by molar-refractivity contribution is 0.106. The average Bonchev–Trinajstić information content (AvgIpc) is 2.08. The molecule has 0 radical (unpaired) electrons. The van der Waals surface area contributed by atoms with E-state index in [1.807, 2.05) is 6.08 Å². The van der Waals surface area contributed by atoms with E-state index in [0.29, 0.717) is 5.41 Å². The second-order valence-electron chi connectivity index (χ2n) is 4.30. The highest BCUT2D eigenvalue weighted by atomic mass is 16.2. The Hall–Kier alpha value is -0.300. The van der Waals surface area contributed by atoms with Gasteiger partial charge in [0.05, 0.1) is 6.61 Å². The van der Waals surface area contributed by atoms with Gasteiger partial charge in [0, 0.05) is 0 Å². The summed E-state index contributed by atoms with van der Waals surface area (Å²) in [6.07, 6.45) is 13.5. The molecule has 1 aliphatic carbocycles. The van der Waals surface area contributed by atoms with Crippen LogP contribution in [-0.2, 0) is 0 Å². The Bertz CT molecular complexity index is 157. The van der Waals surface area contributed by atoms with Crippen molar-refractivity contribution in [3.8, 4) is 0 Å². The van der Waals surface area contributed by atoms with Crippen LogP contribution in [0.5, 0.6) is 0 Å². The maximum absolute atomic E-state index is 8.58. The number of hydrogen-bond donors (Lipinski definition) is 1. The predicted molar refractivity (Wildman–Crippen MR) is 56.7 cm³/mol. The standard InChI is InChI=1S/C12H22O/c1-2-7-12(9-6-10-12)8-4-3-5-11-13/h3,5,13H,2,4,6-11H2,1H3/b5-3+. The Morgan fingerprint density at radius 1 is 1.23 bits per heavy atom. The molecule has 0 saturated heterocycles. The molecule has 1 saturated carbocycles. The van der Waals surface area contributed by atoms with Crippen molar-refractivity contribution in [3.63, 3.8) is 0 Å². The van der Waals surface area contributed by atoms with Crippen LogP contribution >= 0.6 is 0 Å². The zero-order chi connectivity index (χ0) is 9.57. The fourth-order valence-electron chi connectivity index (χ4n) is 2.41. The lowest BCUT2D eigenvalue weighted by Crippen LogP contribution is -2.28. The normalized spacial score (nSPS) is 20.5. The molecule has 0 unspecified atom stereocenters. The maximum Gasteiger partial charge on any atom is 0.0612 e. The van der Waals surface area contributed by atoms with Gasteiger partial charge in [0.15, 0.2) is 0 Å². The molecule has 1 aliphatic rings. The molecule has 1 N–H and O–H groups in total. The Kier molecular flexibility index (Phi) is 4.51. The average molecular weight is 182 g/mol. The molecule has 0 amide bonds. The van der Waals surface area contributed by atoms with Crippen LogP contribution in [-0.4, -0.2) is 11.7 Å². The fraction of sp³-hybridized carbons (Fsp3) is 0.833. The molecule has 1 fully saturated rings. The molecule has 1 rings (SSSR count). The third kappa shape index (κ3) is 3.15. The van der Waals surface area contributed by atoms with Gasteiger partial charge in [0.25, 0.3) is 0 Å². The molecule has 0 atom stereocenters. The van der Waals surface area contributed by atoms with Crippen molar-refractivity contribution in [2.45, 2.75) is 51.9 Å². The Morgan fingerprint density at radius 2 is 2.00 bits per heavy atom. The van der Waals surface area contributed by atoms with Crippen LogP contribution in [0.1, 0.15) is 51.9 Å². The number of aliphatic hydroxyl groups is 1. The van der Waals surface area contributed by atoms with E-state index >= 15 is 0 Å². The summed E-state index contributed by atoms with van der Waals surface area (Å²) in [6, 6.07) is 0. The molecule has 76 valence electrons. The van der Waals surface area contributed by atoms with Crippen LogP contribution < -0.4 is 0 Å². The van der Waals surface area contributed by atoms with Crippen LogP contribution in [0.3, 0.4) is 0 Å². The molecule has 0 spiro atoms. The maximum atomic E-state index is 8.58. The van der Waals surface area contributed by atoms with Gasteiger partial charge in [0.2, 0.25) is 0 Å². The molecular weight excluding hydrogens is 160 g/mol. The molecule has 0 aromatic rings. The fourth-order valence-corrected chi connectivity index (χ4v) is 2.41. The minimum absolute atomic E-state index is 0.195. The van der Waals surface area contributed by atoms with Crippen LogP contribution in [0.25, 0.3) is 0 Å². The number of allylic oxidation sites excluding steroid dienone is 1. The van der Waals surface area contributed by atoms with E-state index in [2.05, 4.69) is 13.0 Å². The van der Waals surface area contributed by atoms with Crippen LogP contribution in [0.4, 0.5) is 0 Å². The zero-order valence-corrected chi connectivity index (χ0v) is 8.76. The first-order chi connectivity index (χ1) is 6.33. The molecule has 1 heteroatoms. The highest BCUT2D eigenvalue weighted by molar-refractivity contribution is 4.91. The van der Waals surface area contributed by atoms with E-state index in [1.165, 1.54) is 38.5 Å². The van der Waals surface area contributed by atoms with Gasteiger partial charge in [-0.3, -0.25) is 0 Å². The second-order valence-corrected chi connectivity index (χ2v) is 4.30. The second kappa shape index (κ2) is 5.43. The number of rotatable bonds is 6.